The number of anilines is 2. The highest BCUT2D eigenvalue weighted by Crippen LogP contribution is 2.29. The van der Waals surface area contributed by atoms with Crippen LogP contribution in [0.3, 0.4) is 0 Å². The summed E-state index contributed by atoms with van der Waals surface area (Å²) in [6.07, 6.45) is 3.53. The van der Waals surface area contributed by atoms with Crippen LogP contribution in [-0.4, -0.2) is 35.4 Å². The number of para-hydroxylation sites is 1. The van der Waals surface area contributed by atoms with Gasteiger partial charge in [0.1, 0.15) is 18.7 Å². The minimum Gasteiger partial charge on any atom is -0.361 e. The zero-order valence-electron chi connectivity index (χ0n) is 18.3. The topological polar surface area (TPSA) is 94.5 Å². The number of hydrogen-bond acceptors (Lipinski definition) is 7. The first kappa shape index (κ1) is 24.3. The fourth-order valence-electron chi connectivity index (χ4n) is 3.41. The molecule has 1 amide bonds. The zero-order valence-corrected chi connectivity index (χ0v) is 19.1. The number of aromatic nitrogens is 2. The molecule has 0 atom stereocenters. The third-order valence-corrected chi connectivity index (χ3v) is 5.54. The van der Waals surface area contributed by atoms with Gasteiger partial charge in [0.25, 0.3) is 0 Å². The molecule has 35 heavy (non-hydrogen) atoms. The highest BCUT2D eigenvalue weighted by Gasteiger charge is 2.33. The lowest BCUT2D eigenvalue weighted by atomic mass is 10.1. The van der Waals surface area contributed by atoms with Gasteiger partial charge in [-0.05, 0) is 23.8 Å². The van der Waals surface area contributed by atoms with Gasteiger partial charge in [-0.1, -0.05) is 35.9 Å². The van der Waals surface area contributed by atoms with E-state index < -0.39 is 42.1 Å². The second-order valence-electron chi connectivity index (χ2n) is 7.61. The maximum atomic E-state index is 15.0. The lowest BCUT2D eigenvalue weighted by molar-refractivity contribution is -0.120. The van der Waals surface area contributed by atoms with Crippen LogP contribution < -0.4 is 21.1 Å². The molecule has 0 spiro atoms. The summed E-state index contributed by atoms with van der Waals surface area (Å²) in [7, 11) is 0. The first-order valence-corrected chi connectivity index (χ1v) is 11.0. The third-order valence-electron chi connectivity index (χ3n) is 5.21. The molecule has 3 heterocycles. The Morgan fingerprint density at radius 1 is 1.17 bits per heavy atom. The van der Waals surface area contributed by atoms with E-state index in [4.69, 9.17) is 11.6 Å². The molecule has 0 saturated heterocycles. The van der Waals surface area contributed by atoms with Crippen LogP contribution in [0.4, 0.5) is 24.7 Å². The van der Waals surface area contributed by atoms with Crippen molar-refractivity contribution in [2.75, 3.05) is 23.5 Å². The smallest absolute Gasteiger partial charge is 0.306 e. The number of benzene rings is 1. The minimum absolute atomic E-state index is 0.0847. The third kappa shape index (κ3) is 5.80. The van der Waals surface area contributed by atoms with Crippen molar-refractivity contribution in [3.05, 3.63) is 82.5 Å². The molecule has 2 aromatic heterocycles. The number of pyridine rings is 2. The highest BCUT2D eigenvalue weighted by molar-refractivity contribution is 6.31. The Morgan fingerprint density at radius 2 is 1.97 bits per heavy atom. The molecule has 1 aliphatic rings. The van der Waals surface area contributed by atoms with Gasteiger partial charge in [0.2, 0.25) is 5.91 Å². The number of nitrogens with zero attached hydrogens (tertiary/aromatic N) is 4. The van der Waals surface area contributed by atoms with Crippen LogP contribution in [0.15, 0.2) is 59.9 Å². The summed E-state index contributed by atoms with van der Waals surface area (Å²) in [6, 6.07) is 11.5. The molecular weight excluding hydrogens is 483 g/mol. The number of hydrazine groups is 1. The molecular formula is C23H21ClF3N7O. The molecule has 0 unspecified atom stereocenters. The van der Waals surface area contributed by atoms with E-state index in [1.54, 1.807) is 11.3 Å². The van der Waals surface area contributed by atoms with Crippen molar-refractivity contribution < 1.29 is 18.0 Å². The van der Waals surface area contributed by atoms with Crippen molar-refractivity contribution in [1.29, 1.82) is 0 Å². The van der Waals surface area contributed by atoms with Crippen LogP contribution in [0, 0.1) is 5.82 Å². The number of nitrogens with one attached hydrogen (secondary N) is 3. The van der Waals surface area contributed by atoms with Gasteiger partial charge < -0.3 is 10.6 Å². The highest BCUT2D eigenvalue weighted by atomic mass is 35.5. The van der Waals surface area contributed by atoms with Gasteiger partial charge >= 0.3 is 5.92 Å². The number of carbonyl (C=O) groups excluding carboxylic acids is 1. The van der Waals surface area contributed by atoms with E-state index in [1.165, 1.54) is 24.4 Å². The van der Waals surface area contributed by atoms with Crippen molar-refractivity contribution >= 4 is 35.4 Å². The molecule has 0 radical (unpaired) electrons. The van der Waals surface area contributed by atoms with E-state index in [9.17, 15) is 13.6 Å². The Bertz CT molecular complexity index is 1220. The lowest BCUT2D eigenvalue weighted by Gasteiger charge is -2.20. The maximum Gasteiger partial charge on any atom is 0.306 e. The van der Waals surface area contributed by atoms with Crippen LogP contribution >= 0.6 is 11.6 Å². The maximum absolute atomic E-state index is 15.0. The Hall–Kier alpha value is -3.86. The zero-order chi connectivity index (χ0) is 24.8. The fraction of sp³-hybridized carbons (Fsp3) is 0.217. The van der Waals surface area contributed by atoms with Gasteiger partial charge in [-0.25, -0.2) is 9.37 Å². The normalized spacial score (nSPS) is 13.0. The van der Waals surface area contributed by atoms with Crippen LogP contribution in [0.5, 0.6) is 0 Å². The van der Waals surface area contributed by atoms with Gasteiger partial charge in [-0.2, -0.15) is 8.78 Å². The number of alkyl halides is 2. The number of rotatable bonds is 9. The summed E-state index contributed by atoms with van der Waals surface area (Å²) in [5.74, 6) is -5.27. The van der Waals surface area contributed by atoms with Gasteiger partial charge in [0.05, 0.1) is 23.7 Å². The van der Waals surface area contributed by atoms with E-state index in [-0.39, 0.29) is 17.1 Å². The monoisotopic (exact) mass is 503 g/mol. The first-order chi connectivity index (χ1) is 16.8. The fourth-order valence-corrected chi connectivity index (χ4v) is 3.61. The van der Waals surface area contributed by atoms with Crippen molar-refractivity contribution in [1.82, 2.24) is 20.7 Å². The molecule has 3 aromatic rings. The molecule has 4 rings (SSSR count). The SMILES string of the molecule is O=C(Cc1c(Cl)cnc(NCC(F)(F)c2ccccn2)c1F)NCc1ccccc1N1CN=CN1. The predicted molar refractivity (Wildman–Crippen MR) is 127 cm³/mol. The van der Waals surface area contributed by atoms with Gasteiger partial charge in [-0.15, -0.1) is 0 Å². The summed E-state index contributed by atoms with van der Waals surface area (Å²) >= 11 is 6.06. The molecule has 8 nitrogen and oxygen atoms in total. The van der Waals surface area contributed by atoms with Crippen molar-refractivity contribution in [2.45, 2.75) is 18.9 Å². The van der Waals surface area contributed by atoms with Crippen molar-refractivity contribution in [3.8, 4) is 0 Å². The minimum atomic E-state index is -3.37. The summed E-state index contributed by atoms with van der Waals surface area (Å²) in [5, 5.41) is 6.75. The molecule has 0 aliphatic carbocycles. The summed E-state index contributed by atoms with van der Waals surface area (Å²) in [6.45, 7) is -0.330. The quantitative estimate of drug-likeness (QED) is 0.413. The number of halogens is 4. The largest absolute Gasteiger partial charge is 0.361 e. The Morgan fingerprint density at radius 3 is 2.71 bits per heavy atom. The molecule has 0 saturated carbocycles. The number of amides is 1. The molecule has 12 heteroatoms. The predicted octanol–water partition coefficient (Wildman–Crippen LogP) is 3.64. The molecule has 3 N–H and O–H groups in total. The standard InChI is InChI=1S/C23H21ClF3N7O/c24-17-11-31-22(32-12-23(26,27)19-7-3-4-8-29-19)21(25)16(17)9-20(35)30-10-15-5-1-2-6-18(15)34-14-28-13-33-34/h1-8,11,13H,9-10,12,14H2,(H,28,33)(H,30,35)(H,31,32). The molecule has 1 aromatic carbocycles. The van der Waals surface area contributed by atoms with E-state index in [1.807, 2.05) is 24.3 Å². The van der Waals surface area contributed by atoms with Crippen LogP contribution in [0.2, 0.25) is 5.02 Å². The summed E-state index contributed by atoms with van der Waals surface area (Å²) in [5.41, 5.74) is 4.03. The van der Waals surface area contributed by atoms with E-state index >= 15 is 4.39 Å². The van der Waals surface area contributed by atoms with Crippen molar-refractivity contribution in [2.24, 2.45) is 4.99 Å². The van der Waals surface area contributed by atoms with E-state index in [0.717, 1.165) is 17.4 Å². The van der Waals surface area contributed by atoms with Crippen molar-refractivity contribution in [3.63, 3.8) is 0 Å². The van der Waals surface area contributed by atoms with Crippen LogP contribution in [0.25, 0.3) is 0 Å². The van der Waals surface area contributed by atoms with E-state index in [0.29, 0.717) is 6.67 Å². The molecule has 182 valence electrons. The number of aliphatic imine (C=N–C) groups is 1. The second-order valence-corrected chi connectivity index (χ2v) is 8.02. The van der Waals surface area contributed by atoms with E-state index in [2.05, 4.69) is 31.0 Å². The Balaban J connectivity index is 1.41. The average molecular weight is 504 g/mol. The Kier molecular flexibility index (Phi) is 7.35. The lowest BCUT2D eigenvalue weighted by Crippen LogP contribution is -2.33. The first-order valence-electron chi connectivity index (χ1n) is 10.6. The van der Waals surface area contributed by atoms with Gasteiger partial charge in [0, 0.05) is 24.5 Å². The molecule has 0 fully saturated rings. The van der Waals surface area contributed by atoms with Crippen LogP contribution in [-0.2, 0) is 23.7 Å². The molecule has 0 bridgehead atoms. The Labute approximate surface area is 204 Å². The summed E-state index contributed by atoms with van der Waals surface area (Å²) < 4.78 is 43.8. The number of carbonyl (C=O) groups is 1. The number of hydrogen-bond donors (Lipinski definition) is 3. The van der Waals surface area contributed by atoms with Gasteiger partial charge in [-0.3, -0.25) is 25.2 Å². The van der Waals surface area contributed by atoms with Gasteiger partial charge in [0.15, 0.2) is 11.6 Å². The van der Waals surface area contributed by atoms with Crippen LogP contribution in [0.1, 0.15) is 16.8 Å². The summed E-state index contributed by atoms with van der Waals surface area (Å²) in [4.78, 5) is 24.1. The average Bonchev–Trinajstić information content (AvgIpc) is 3.40. The second kappa shape index (κ2) is 10.6. The molecule has 1 aliphatic heterocycles.